The molecule has 0 aliphatic rings. The Morgan fingerprint density at radius 3 is 2.04 bits per heavy atom. The first kappa shape index (κ1) is 18.6. The number of para-hydroxylation sites is 1. The van der Waals surface area contributed by atoms with Gasteiger partial charge in [0.2, 0.25) is 0 Å². The Hall–Kier alpha value is -1.70. The summed E-state index contributed by atoms with van der Waals surface area (Å²) in [5, 5.41) is 1.23. The van der Waals surface area contributed by atoms with Crippen molar-refractivity contribution in [2.45, 2.75) is 77.0 Å². The monoisotopic (exact) mass is 325 g/mol. The summed E-state index contributed by atoms with van der Waals surface area (Å²) >= 11 is 0. The average Bonchev–Trinajstić information content (AvgIpc) is 2.62. The third-order valence-corrected chi connectivity index (χ3v) is 4.66. The molecule has 0 N–H and O–H groups in total. The van der Waals surface area contributed by atoms with Crippen LogP contribution in [0.5, 0.6) is 0 Å². The van der Waals surface area contributed by atoms with Gasteiger partial charge in [-0.2, -0.15) is 0 Å². The molecule has 0 fully saturated rings. The average molecular weight is 325 g/mol. The molecule has 0 atom stereocenters. The van der Waals surface area contributed by atoms with Gasteiger partial charge in [0.25, 0.3) is 0 Å². The standard InChI is InChI=1S/C22H31NO/c24-19-13-9-7-5-3-1-2-4-6-8-10-15-21-18-17-20-14-11-12-16-22(20)23-21/h11-12,14,16-19H,1-10,13,15H2. The first-order valence-electron chi connectivity index (χ1n) is 9.68. The molecule has 130 valence electrons. The summed E-state index contributed by atoms with van der Waals surface area (Å²) in [5.41, 5.74) is 2.34. The Morgan fingerprint density at radius 2 is 1.33 bits per heavy atom. The van der Waals surface area contributed by atoms with Gasteiger partial charge in [0.1, 0.15) is 6.29 Å². The van der Waals surface area contributed by atoms with Crippen molar-refractivity contribution in [3.05, 3.63) is 42.1 Å². The second kappa shape index (κ2) is 11.8. The van der Waals surface area contributed by atoms with Gasteiger partial charge in [-0.25, -0.2) is 0 Å². The van der Waals surface area contributed by atoms with Gasteiger partial charge in [-0.05, 0) is 31.4 Å². The fourth-order valence-corrected chi connectivity index (χ4v) is 3.20. The molecule has 2 nitrogen and oxygen atoms in total. The molecule has 0 unspecified atom stereocenters. The summed E-state index contributed by atoms with van der Waals surface area (Å²) < 4.78 is 0. The first-order chi connectivity index (χ1) is 11.9. The highest BCUT2D eigenvalue weighted by Crippen LogP contribution is 2.15. The molecule has 2 heteroatoms. The predicted molar refractivity (Wildman–Crippen MR) is 102 cm³/mol. The molecule has 0 amide bonds. The Balaban J connectivity index is 1.47. The minimum absolute atomic E-state index is 0.742. The molecule has 0 saturated heterocycles. The highest BCUT2D eigenvalue weighted by Gasteiger charge is 1.99. The number of benzene rings is 1. The van der Waals surface area contributed by atoms with Crippen LogP contribution in [0.2, 0.25) is 0 Å². The lowest BCUT2D eigenvalue weighted by Crippen LogP contribution is -1.91. The Morgan fingerprint density at radius 1 is 0.708 bits per heavy atom. The van der Waals surface area contributed by atoms with Crippen LogP contribution in [0.1, 0.15) is 76.3 Å². The van der Waals surface area contributed by atoms with E-state index in [9.17, 15) is 4.79 Å². The van der Waals surface area contributed by atoms with E-state index in [1.807, 2.05) is 0 Å². The third-order valence-electron chi connectivity index (χ3n) is 4.66. The number of aryl methyl sites for hydroxylation is 1. The summed E-state index contributed by atoms with van der Waals surface area (Å²) in [6, 6.07) is 12.7. The van der Waals surface area contributed by atoms with Crippen LogP contribution >= 0.6 is 0 Å². The summed E-state index contributed by atoms with van der Waals surface area (Å²) in [7, 11) is 0. The highest BCUT2D eigenvalue weighted by atomic mass is 16.1. The number of hydrogen-bond acceptors (Lipinski definition) is 2. The zero-order valence-electron chi connectivity index (χ0n) is 14.9. The maximum Gasteiger partial charge on any atom is 0.119 e. The molecule has 0 spiro atoms. The summed E-state index contributed by atoms with van der Waals surface area (Å²) in [5.74, 6) is 0. The Bertz CT molecular complexity index is 593. The smallest absolute Gasteiger partial charge is 0.119 e. The molecule has 1 aromatic heterocycles. The number of fused-ring (bicyclic) bond motifs is 1. The van der Waals surface area contributed by atoms with Gasteiger partial charge in [0.15, 0.2) is 0 Å². The van der Waals surface area contributed by atoms with Crippen molar-refractivity contribution in [1.82, 2.24) is 4.98 Å². The van der Waals surface area contributed by atoms with Gasteiger partial charge in [-0.1, -0.05) is 75.6 Å². The lowest BCUT2D eigenvalue weighted by atomic mass is 10.0. The van der Waals surface area contributed by atoms with Crippen LogP contribution in [-0.2, 0) is 11.2 Å². The van der Waals surface area contributed by atoms with Gasteiger partial charge in [0.05, 0.1) is 5.52 Å². The van der Waals surface area contributed by atoms with Gasteiger partial charge < -0.3 is 4.79 Å². The zero-order valence-corrected chi connectivity index (χ0v) is 14.9. The van der Waals surface area contributed by atoms with E-state index in [1.165, 1.54) is 68.9 Å². The largest absolute Gasteiger partial charge is 0.303 e. The molecule has 0 saturated carbocycles. The maximum atomic E-state index is 10.2. The molecule has 24 heavy (non-hydrogen) atoms. The van der Waals surface area contributed by atoms with Gasteiger partial charge in [-0.15, -0.1) is 0 Å². The summed E-state index contributed by atoms with van der Waals surface area (Å²) in [4.78, 5) is 15.0. The van der Waals surface area contributed by atoms with E-state index in [1.54, 1.807) is 0 Å². The van der Waals surface area contributed by atoms with Crippen LogP contribution in [0, 0.1) is 0 Å². The number of nitrogens with zero attached hydrogens (tertiary/aromatic N) is 1. The highest BCUT2D eigenvalue weighted by molar-refractivity contribution is 5.78. The maximum absolute atomic E-state index is 10.2. The zero-order chi connectivity index (χ0) is 16.9. The fraction of sp³-hybridized carbons (Fsp3) is 0.545. The van der Waals surface area contributed by atoms with Crippen molar-refractivity contribution in [2.24, 2.45) is 0 Å². The number of carbonyl (C=O) groups is 1. The molecule has 2 rings (SSSR count). The molecule has 0 aliphatic carbocycles. The van der Waals surface area contributed by atoms with E-state index in [0.29, 0.717) is 0 Å². The molecule has 1 heterocycles. The molecule has 0 bridgehead atoms. The van der Waals surface area contributed by atoms with E-state index in [2.05, 4.69) is 36.4 Å². The van der Waals surface area contributed by atoms with Crippen LogP contribution in [0.3, 0.4) is 0 Å². The number of pyridine rings is 1. The predicted octanol–water partition coefficient (Wildman–Crippen LogP) is 6.27. The van der Waals surface area contributed by atoms with E-state index < -0.39 is 0 Å². The van der Waals surface area contributed by atoms with Crippen LogP contribution in [0.4, 0.5) is 0 Å². The second-order valence-corrected chi connectivity index (χ2v) is 6.74. The normalized spacial score (nSPS) is 11.0. The SMILES string of the molecule is O=CCCCCCCCCCCCCc1ccc2ccccc2n1. The third kappa shape index (κ3) is 7.25. The minimum Gasteiger partial charge on any atom is -0.303 e. The lowest BCUT2D eigenvalue weighted by molar-refractivity contribution is -0.107. The van der Waals surface area contributed by atoms with Crippen molar-refractivity contribution in [3.8, 4) is 0 Å². The number of rotatable bonds is 13. The van der Waals surface area contributed by atoms with E-state index in [0.717, 1.165) is 31.1 Å². The Labute approximate surface area is 146 Å². The van der Waals surface area contributed by atoms with Gasteiger partial charge in [0, 0.05) is 17.5 Å². The van der Waals surface area contributed by atoms with Crippen molar-refractivity contribution in [3.63, 3.8) is 0 Å². The molecule has 0 radical (unpaired) electrons. The molecular formula is C22H31NO. The number of unbranched alkanes of at least 4 members (excludes halogenated alkanes) is 10. The number of carbonyl (C=O) groups excluding carboxylic acids is 1. The molecular weight excluding hydrogens is 294 g/mol. The van der Waals surface area contributed by atoms with E-state index in [4.69, 9.17) is 4.98 Å². The van der Waals surface area contributed by atoms with Crippen LogP contribution in [0.15, 0.2) is 36.4 Å². The van der Waals surface area contributed by atoms with Crippen molar-refractivity contribution in [2.75, 3.05) is 0 Å². The van der Waals surface area contributed by atoms with E-state index >= 15 is 0 Å². The van der Waals surface area contributed by atoms with Crippen LogP contribution in [0.25, 0.3) is 10.9 Å². The quantitative estimate of drug-likeness (QED) is 0.321. The van der Waals surface area contributed by atoms with Crippen LogP contribution < -0.4 is 0 Å². The van der Waals surface area contributed by atoms with Crippen molar-refractivity contribution in [1.29, 1.82) is 0 Å². The van der Waals surface area contributed by atoms with Gasteiger partial charge >= 0.3 is 0 Å². The fourth-order valence-electron chi connectivity index (χ4n) is 3.20. The molecule has 0 aliphatic heterocycles. The second-order valence-electron chi connectivity index (χ2n) is 6.74. The van der Waals surface area contributed by atoms with Crippen LogP contribution in [-0.4, -0.2) is 11.3 Å². The van der Waals surface area contributed by atoms with E-state index in [-0.39, 0.29) is 0 Å². The topological polar surface area (TPSA) is 30.0 Å². The summed E-state index contributed by atoms with van der Waals surface area (Å²) in [6.45, 7) is 0. The van der Waals surface area contributed by atoms with Crippen molar-refractivity contribution < 1.29 is 4.79 Å². The molecule has 2 aromatic rings. The molecule has 1 aromatic carbocycles. The lowest BCUT2D eigenvalue weighted by Gasteiger charge is -2.04. The minimum atomic E-state index is 0.742. The Kier molecular flexibility index (Phi) is 9.15. The first-order valence-corrected chi connectivity index (χ1v) is 9.68. The van der Waals surface area contributed by atoms with Crippen molar-refractivity contribution >= 4 is 17.2 Å². The number of hydrogen-bond donors (Lipinski definition) is 0. The summed E-state index contributed by atoms with van der Waals surface area (Å²) in [6.07, 6.45) is 15.8. The van der Waals surface area contributed by atoms with Gasteiger partial charge in [-0.3, -0.25) is 4.98 Å². The number of aromatic nitrogens is 1. The number of aldehydes is 1.